The molecule has 0 aliphatic heterocycles. The maximum absolute atomic E-state index is 12.4. The van der Waals surface area contributed by atoms with Gasteiger partial charge in [-0.1, -0.05) is 34.9 Å². The minimum Gasteiger partial charge on any atom is -0.401 e. The van der Waals surface area contributed by atoms with E-state index in [4.69, 9.17) is 16.0 Å². The number of nitrogens with zero attached hydrogens (tertiary/aromatic N) is 3. The van der Waals surface area contributed by atoms with E-state index in [9.17, 15) is 4.79 Å². The molecule has 0 fully saturated rings. The molecule has 0 spiro atoms. The summed E-state index contributed by atoms with van der Waals surface area (Å²) >= 11 is 9.09. The fourth-order valence-electron chi connectivity index (χ4n) is 2.15. The highest BCUT2D eigenvalue weighted by molar-refractivity contribution is 7.21. The van der Waals surface area contributed by atoms with Crippen LogP contribution in [0.3, 0.4) is 0 Å². The summed E-state index contributed by atoms with van der Waals surface area (Å²) in [7, 11) is 0. The Bertz CT molecular complexity index is 1050. The topological polar surface area (TPSA) is 80.9 Å². The van der Waals surface area contributed by atoms with E-state index in [0.717, 1.165) is 15.1 Å². The molecule has 0 atom stereocenters. The number of amides is 1. The SMILES string of the molecule is Cc1nc(-c2nnc(NC(=O)c3sc4ccccc4c3Cl)o2)cs1. The lowest BCUT2D eigenvalue weighted by atomic mass is 10.2. The molecule has 6 nitrogen and oxygen atoms in total. The van der Waals surface area contributed by atoms with Gasteiger partial charge >= 0.3 is 6.01 Å². The van der Waals surface area contributed by atoms with Gasteiger partial charge in [0.05, 0.1) is 10.0 Å². The summed E-state index contributed by atoms with van der Waals surface area (Å²) in [5.41, 5.74) is 0.588. The first-order chi connectivity index (χ1) is 11.6. The fourth-order valence-corrected chi connectivity index (χ4v) is 4.15. The van der Waals surface area contributed by atoms with Crippen LogP contribution in [0.4, 0.5) is 6.01 Å². The highest BCUT2D eigenvalue weighted by Crippen LogP contribution is 2.35. The number of carbonyl (C=O) groups excluding carboxylic acids is 1. The number of fused-ring (bicyclic) bond motifs is 1. The van der Waals surface area contributed by atoms with Crippen LogP contribution in [0.25, 0.3) is 21.7 Å². The van der Waals surface area contributed by atoms with E-state index in [0.29, 0.717) is 15.6 Å². The Hall–Kier alpha value is -2.29. The van der Waals surface area contributed by atoms with E-state index in [2.05, 4.69) is 20.5 Å². The van der Waals surface area contributed by atoms with Crippen molar-refractivity contribution in [3.05, 3.63) is 44.6 Å². The molecule has 0 saturated heterocycles. The molecule has 0 unspecified atom stereocenters. The van der Waals surface area contributed by atoms with Crippen molar-refractivity contribution < 1.29 is 9.21 Å². The number of nitrogens with one attached hydrogen (secondary N) is 1. The first-order valence-electron chi connectivity index (χ1n) is 6.86. The summed E-state index contributed by atoms with van der Waals surface area (Å²) in [4.78, 5) is 17.1. The van der Waals surface area contributed by atoms with Crippen LogP contribution in [0, 0.1) is 6.92 Å². The third kappa shape index (κ3) is 2.68. The van der Waals surface area contributed by atoms with E-state index < -0.39 is 0 Å². The molecule has 1 aromatic carbocycles. The molecule has 0 radical (unpaired) electrons. The molecule has 9 heteroatoms. The average molecular weight is 377 g/mol. The standard InChI is InChI=1S/C15H9ClN4O2S2/c1-7-17-9(6-23-7)14-19-20-15(22-14)18-13(21)12-11(16)8-4-2-3-5-10(8)24-12/h2-6H,1H3,(H,18,20,21). The van der Waals surface area contributed by atoms with Gasteiger partial charge in [0.15, 0.2) is 0 Å². The van der Waals surface area contributed by atoms with Crippen molar-refractivity contribution in [2.24, 2.45) is 0 Å². The van der Waals surface area contributed by atoms with Crippen molar-refractivity contribution in [2.45, 2.75) is 6.92 Å². The number of carbonyl (C=O) groups is 1. The number of thiophene rings is 1. The van der Waals surface area contributed by atoms with Gasteiger partial charge in [-0.2, -0.15) is 0 Å². The van der Waals surface area contributed by atoms with Gasteiger partial charge < -0.3 is 4.42 Å². The van der Waals surface area contributed by atoms with E-state index in [1.807, 2.05) is 36.6 Å². The van der Waals surface area contributed by atoms with Crippen molar-refractivity contribution >= 4 is 56.3 Å². The molecule has 1 amide bonds. The van der Waals surface area contributed by atoms with Crippen LogP contribution in [-0.2, 0) is 0 Å². The van der Waals surface area contributed by atoms with Crippen molar-refractivity contribution in [3.63, 3.8) is 0 Å². The zero-order valence-corrected chi connectivity index (χ0v) is 14.6. The Morgan fingerprint density at radius 3 is 2.88 bits per heavy atom. The summed E-state index contributed by atoms with van der Waals surface area (Å²) < 4.78 is 6.38. The van der Waals surface area contributed by atoms with E-state index in [1.165, 1.54) is 22.7 Å². The monoisotopic (exact) mass is 376 g/mol. The summed E-state index contributed by atoms with van der Waals surface area (Å²) in [6.45, 7) is 1.89. The van der Waals surface area contributed by atoms with Crippen molar-refractivity contribution in [1.82, 2.24) is 15.2 Å². The Labute approximate surface area is 149 Å². The van der Waals surface area contributed by atoms with Crippen LogP contribution in [0.5, 0.6) is 0 Å². The number of benzene rings is 1. The van der Waals surface area contributed by atoms with E-state index in [1.54, 1.807) is 0 Å². The third-order valence-electron chi connectivity index (χ3n) is 3.22. The molecule has 4 rings (SSSR count). The molecule has 120 valence electrons. The van der Waals surface area contributed by atoms with Gasteiger partial charge in [-0.05, 0) is 13.0 Å². The number of anilines is 1. The minimum absolute atomic E-state index is 0.00850. The Kier molecular flexibility index (Phi) is 3.79. The predicted octanol–water partition coefficient (Wildman–Crippen LogP) is 4.62. The highest BCUT2D eigenvalue weighted by Gasteiger charge is 2.19. The first kappa shape index (κ1) is 15.3. The number of aromatic nitrogens is 3. The third-order valence-corrected chi connectivity index (χ3v) is 5.67. The lowest BCUT2D eigenvalue weighted by Gasteiger charge is -1.97. The summed E-state index contributed by atoms with van der Waals surface area (Å²) in [5.74, 6) is -0.122. The number of rotatable bonds is 3. The van der Waals surface area contributed by atoms with Gasteiger partial charge in [-0.15, -0.1) is 27.8 Å². The quantitative estimate of drug-likeness (QED) is 0.564. The number of thiazole rings is 1. The van der Waals surface area contributed by atoms with Gasteiger partial charge in [0.2, 0.25) is 0 Å². The second-order valence-corrected chi connectivity index (χ2v) is 7.35. The van der Waals surface area contributed by atoms with Gasteiger partial charge in [-0.3, -0.25) is 10.1 Å². The van der Waals surface area contributed by atoms with Gasteiger partial charge in [0, 0.05) is 15.5 Å². The molecule has 3 aromatic heterocycles. The second-order valence-electron chi connectivity index (χ2n) is 4.86. The molecule has 0 bridgehead atoms. The number of halogens is 1. The smallest absolute Gasteiger partial charge is 0.322 e. The Morgan fingerprint density at radius 2 is 2.12 bits per heavy atom. The van der Waals surface area contributed by atoms with Crippen molar-refractivity contribution in [1.29, 1.82) is 0 Å². The van der Waals surface area contributed by atoms with Crippen molar-refractivity contribution in [2.75, 3.05) is 5.32 Å². The maximum atomic E-state index is 12.4. The first-order valence-corrected chi connectivity index (χ1v) is 8.93. The second kappa shape index (κ2) is 5.97. The lowest BCUT2D eigenvalue weighted by Crippen LogP contribution is -2.10. The fraction of sp³-hybridized carbons (Fsp3) is 0.0667. The maximum Gasteiger partial charge on any atom is 0.322 e. The van der Waals surface area contributed by atoms with Crippen molar-refractivity contribution in [3.8, 4) is 11.6 Å². The molecule has 0 aliphatic rings. The van der Waals surface area contributed by atoms with Crippen LogP contribution in [0.15, 0.2) is 34.1 Å². The predicted molar refractivity (Wildman–Crippen MR) is 94.9 cm³/mol. The van der Waals surface area contributed by atoms with E-state index in [-0.39, 0.29) is 17.8 Å². The molecule has 0 aliphatic carbocycles. The summed E-state index contributed by atoms with van der Waals surface area (Å²) in [5, 5.41) is 14.3. The largest absolute Gasteiger partial charge is 0.401 e. The molecule has 3 heterocycles. The Balaban J connectivity index is 1.59. The Morgan fingerprint density at radius 1 is 1.29 bits per heavy atom. The normalized spacial score (nSPS) is 11.1. The van der Waals surface area contributed by atoms with Crippen LogP contribution in [-0.4, -0.2) is 21.1 Å². The molecular formula is C15H9ClN4O2S2. The lowest BCUT2D eigenvalue weighted by molar-refractivity contribution is 0.102. The minimum atomic E-state index is -0.383. The zero-order valence-electron chi connectivity index (χ0n) is 12.2. The molecule has 24 heavy (non-hydrogen) atoms. The zero-order chi connectivity index (χ0) is 16.7. The summed E-state index contributed by atoms with van der Waals surface area (Å²) in [6.07, 6.45) is 0. The average Bonchev–Trinajstić information content (AvgIpc) is 3.27. The summed E-state index contributed by atoms with van der Waals surface area (Å²) in [6, 6.07) is 7.58. The number of hydrogen-bond acceptors (Lipinski definition) is 7. The van der Waals surface area contributed by atoms with Gasteiger partial charge in [-0.25, -0.2) is 4.98 Å². The number of aryl methyl sites for hydroxylation is 1. The van der Waals surface area contributed by atoms with Gasteiger partial charge in [0.1, 0.15) is 10.6 Å². The van der Waals surface area contributed by atoms with Gasteiger partial charge in [0.25, 0.3) is 11.8 Å². The van der Waals surface area contributed by atoms with Crippen LogP contribution in [0.1, 0.15) is 14.7 Å². The number of hydrogen-bond donors (Lipinski definition) is 1. The molecular weight excluding hydrogens is 368 g/mol. The van der Waals surface area contributed by atoms with E-state index >= 15 is 0 Å². The van der Waals surface area contributed by atoms with Crippen LogP contribution < -0.4 is 5.32 Å². The molecule has 0 saturated carbocycles. The van der Waals surface area contributed by atoms with Crippen LogP contribution in [0.2, 0.25) is 5.02 Å². The molecule has 4 aromatic rings. The highest BCUT2D eigenvalue weighted by atomic mass is 35.5. The molecule has 1 N–H and O–H groups in total. The van der Waals surface area contributed by atoms with Crippen LogP contribution >= 0.6 is 34.3 Å².